The molecule has 0 N–H and O–H groups in total. The molecule has 2 aliphatic rings. The summed E-state index contributed by atoms with van der Waals surface area (Å²) in [6, 6.07) is 10.5. The summed E-state index contributed by atoms with van der Waals surface area (Å²) in [5.74, 6) is -0.0309. The maximum Gasteiger partial charge on any atom is 0.270 e. The summed E-state index contributed by atoms with van der Waals surface area (Å²) in [6.45, 7) is 0.785. The largest absolute Gasteiger partial charge is 0.334 e. The van der Waals surface area contributed by atoms with Gasteiger partial charge in [0, 0.05) is 32.5 Å². The van der Waals surface area contributed by atoms with Crippen LogP contribution in [0.3, 0.4) is 0 Å². The predicted octanol–water partition coefficient (Wildman–Crippen LogP) is 1.83. The summed E-state index contributed by atoms with van der Waals surface area (Å²) >= 11 is 0. The first-order chi connectivity index (χ1) is 10.6. The molecule has 3 rings (SSSR count). The van der Waals surface area contributed by atoms with E-state index in [1.807, 2.05) is 23.1 Å². The van der Waals surface area contributed by atoms with Gasteiger partial charge in [0.25, 0.3) is 5.91 Å². The fourth-order valence-electron chi connectivity index (χ4n) is 3.19. The molecule has 1 unspecified atom stereocenters. The Kier molecular flexibility index (Phi) is 4.22. The van der Waals surface area contributed by atoms with Gasteiger partial charge in [0.2, 0.25) is 5.91 Å². The van der Waals surface area contributed by atoms with Crippen molar-refractivity contribution in [2.24, 2.45) is 5.10 Å². The molecule has 5 nitrogen and oxygen atoms in total. The molecule has 2 heterocycles. The third-order valence-electron chi connectivity index (χ3n) is 4.41. The lowest BCUT2D eigenvalue weighted by Crippen LogP contribution is -2.43. The first kappa shape index (κ1) is 14.8. The molecule has 1 atom stereocenters. The molecule has 1 aromatic rings. The summed E-state index contributed by atoms with van der Waals surface area (Å²) in [4.78, 5) is 26.1. The van der Waals surface area contributed by atoms with Crippen LogP contribution < -0.4 is 0 Å². The highest BCUT2D eigenvalue weighted by Crippen LogP contribution is 2.23. The Morgan fingerprint density at radius 1 is 1.27 bits per heavy atom. The number of hydrogen-bond acceptors (Lipinski definition) is 3. The SMILES string of the molecule is CN1N=C(C(=O)N2CCCC2Cc2ccccc2)CCC1=O. The molecule has 0 aromatic heterocycles. The van der Waals surface area contributed by atoms with Crippen LogP contribution in [-0.2, 0) is 16.0 Å². The minimum Gasteiger partial charge on any atom is -0.334 e. The van der Waals surface area contributed by atoms with E-state index in [9.17, 15) is 9.59 Å². The van der Waals surface area contributed by atoms with E-state index >= 15 is 0 Å². The molecular weight excluding hydrogens is 278 g/mol. The van der Waals surface area contributed by atoms with Gasteiger partial charge in [-0.3, -0.25) is 9.59 Å². The molecule has 0 aliphatic carbocycles. The van der Waals surface area contributed by atoms with Crippen LogP contribution in [0.25, 0.3) is 0 Å². The minimum absolute atomic E-state index is 0.00205. The number of hydrogen-bond donors (Lipinski definition) is 0. The van der Waals surface area contributed by atoms with Gasteiger partial charge in [0.15, 0.2) is 0 Å². The van der Waals surface area contributed by atoms with Crippen LogP contribution in [0.1, 0.15) is 31.2 Å². The van der Waals surface area contributed by atoms with E-state index in [1.165, 1.54) is 10.6 Å². The van der Waals surface area contributed by atoms with Crippen LogP contribution in [0.2, 0.25) is 0 Å². The average molecular weight is 299 g/mol. The second-order valence-corrected chi connectivity index (χ2v) is 5.95. The molecule has 0 spiro atoms. The minimum atomic E-state index is -0.0289. The molecule has 5 heteroatoms. The van der Waals surface area contributed by atoms with Crippen LogP contribution in [0.5, 0.6) is 0 Å². The van der Waals surface area contributed by atoms with E-state index in [0.717, 1.165) is 25.8 Å². The van der Waals surface area contributed by atoms with E-state index in [4.69, 9.17) is 0 Å². The van der Waals surface area contributed by atoms with Crippen LogP contribution in [0.4, 0.5) is 0 Å². The van der Waals surface area contributed by atoms with Gasteiger partial charge in [0.1, 0.15) is 5.71 Å². The van der Waals surface area contributed by atoms with Crippen molar-refractivity contribution in [2.75, 3.05) is 13.6 Å². The van der Waals surface area contributed by atoms with E-state index in [-0.39, 0.29) is 17.9 Å². The topological polar surface area (TPSA) is 53.0 Å². The number of benzene rings is 1. The zero-order chi connectivity index (χ0) is 15.5. The Balaban J connectivity index is 1.71. The van der Waals surface area contributed by atoms with Crippen LogP contribution in [-0.4, -0.2) is 47.1 Å². The van der Waals surface area contributed by atoms with Crippen LogP contribution in [0, 0.1) is 0 Å². The maximum absolute atomic E-state index is 12.7. The van der Waals surface area contributed by atoms with E-state index in [2.05, 4.69) is 17.2 Å². The molecule has 1 aromatic carbocycles. The number of hydrazone groups is 1. The third-order valence-corrected chi connectivity index (χ3v) is 4.41. The first-order valence-electron chi connectivity index (χ1n) is 7.84. The lowest BCUT2D eigenvalue weighted by Gasteiger charge is -2.27. The van der Waals surface area contributed by atoms with E-state index < -0.39 is 0 Å². The standard InChI is InChI=1S/C17H21N3O2/c1-19-16(21)10-9-15(18-19)17(22)20-11-5-8-14(20)12-13-6-3-2-4-7-13/h2-4,6-7,14H,5,8-12H2,1H3. The molecule has 0 saturated carbocycles. The maximum atomic E-state index is 12.7. The van der Waals surface area contributed by atoms with E-state index in [1.54, 1.807) is 7.05 Å². The van der Waals surface area contributed by atoms with Crippen molar-refractivity contribution in [3.8, 4) is 0 Å². The van der Waals surface area contributed by atoms with Crippen LogP contribution in [0.15, 0.2) is 35.4 Å². The van der Waals surface area contributed by atoms with Gasteiger partial charge in [-0.05, 0) is 24.8 Å². The van der Waals surface area contributed by atoms with Crippen molar-refractivity contribution in [1.29, 1.82) is 0 Å². The number of carbonyl (C=O) groups excluding carboxylic acids is 2. The van der Waals surface area contributed by atoms with Crippen molar-refractivity contribution in [1.82, 2.24) is 9.91 Å². The molecule has 0 radical (unpaired) electrons. The van der Waals surface area contributed by atoms with Crippen molar-refractivity contribution in [3.05, 3.63) is 35.9 Å². The fourth-order valence-corrected chi connectivity index (χ4v) is 3.19. The molecule has 1 fully saturated rings. The van der Waals surface area contributed by atoms with Crippen LogP contribution >= 0.6 is 0 Å². The molecular formula is C17H21N3O2. The van der Waals surface area contributed by atoms with Crippen molar-refractivity contribution >= 4 is 17.5 Å². The summed E-state index contributed by atoms with van der Waals surface area (Å²) < 4.78 is 0. The van der Waals surface area contributed by atoms with Gasteiger partial charge >= 0.3 is 0 Å². The number of rotatable bonds is 3. The number of amides is 2. The van der Waals surface area contributed by atoms with Gasteiger partial charge in [-0.25, -0.2) is 5.01 Å². The van der Waals surface area contributed by atoms with Gasteiger partial charge in [-0.15, -0.1) is 0 Å². The zero-order valence-corrected chi connectivity index (χ0v) is 12.9. The quantitative estimate of drug-likeness (QED) is 0.855. The molecule has 0 bridgehead atoms. The summed E-state index contributed by atoms with van der Waals surface area (Å²) in [6.07, 6.45) is 3.78. The molecule has 116 valence electrons. The van der Waals surface area contributed by atoms with Crippen molar-refractivity contribution < 1.29 is 9.59 Å². The highest BCUT2D eigenvalue weighted by molar-refractivity contribution is 6.39. The summed E-state index contributed by atoms with van der Waals surface area (Å²) in [5.41, 5.74) is 1.77. The predicted molar refractivity (Wildman–Crippen MR) is 84.3 cm³/mol. The third kappa shape index (κ3) is 3.03. The average Bonchev–Trinajstić information content (AvgIpc) is 2.98. The number of likely N-dealkylation sites (tertiary alicyclic amines) is 1. The number of carbonyl (C=O) groups is 2. The molecule has 22 heavy (non-hydrogen) atoms. The summed E-state index contributed by atoms with van der Waals surface area (Å²) in [5, 5.41) is 5.45. The molecule has 2 aliphatic heterocycles. The zero-order valence-electron chi connectivity index (χ0n) is 12.9. The lowest BCUT2D eigenvalue weighted by molar-refractivity contribution is -0.130. The van der Waals surface area contributed by atoms with Crippen molar-refractivity contribution in [3.63, 3.8) is 0 Å². The Morgan fingerprint density at radius 2 is 2.05 bits per heavy atom. The Hall–Kier alpha value is -2.17. The Labute approximate surface area is 130 Å². The summed E-state index contributed by atoms with van der Waals surface area (Å²) in [7, 11) is 1.61. The van der Waals surface area contributed by atoms with Gasteiger partial charge in [-0.1, -0.05) is 30.3 Å². The van der Waals surface area contributed by atoms with Gasteiger partial charge in [0.05, 0.1) is 0 Å². The lowest BCUT2D eigenvalue weighted by atomic mass is 10.0. The fraction of sp³-hybridized carbons (Fsp3) is 0.471. The highest BCUT2D eigenvalue weighted by atomic mass is 16.2. The van der Waals surface area contributed by atoms with Crippen molar-refractivity contribution in [2.45, 2.75) is 38.1 Å². The molecule has 1 saturated heterocycles. The monoisotopic (exact) mass is 299 g/mol. The Bertz CT molecular complexity index is 597. The van der Waals surface area contributed by atoms with Gasteiger partial charge < -0.3 is 4.90 Å². The van der Waals surface area contributed by atoms with E-state index in [0.29, 0.717) is 18.6 Å². The second kappa shape index (κ2) is 6.30. The first-order valence-corrected chi connectivity index (χ1v) is 7.84. The highest BCUT2D eigenvalue weighted by Gasteiger charge is 2.33. The smallest absolute Gasteiger partial charge is 0.270 e. The molecule has 2 amide bonds. The second-order valence-electron chi connectivity index (χ2n) is 5.95. The normalized spacial score (nSPS) is 22.0. The van der Waals surface area contributed by atoms with Gasteiger partial charge in [-0.2, -0.15) is 5.10 Å². The Morgan fingerprint density at radius 3 is 2.77 bits per heavy atom. The number of nitrogens with zero attached hydrogens (tertiary/aromatic N) is 3.